The van der Waals surface area contributed by atoms with Crippen LogP contribution < -0.4 is 10.6 Å². The highest BCUT2D eigenvalue weighted by Crippen LogP contribution is 2.28. The monoisotopic (exact) mass is 293 g/mol. The summed E-state index contributed by atoms with van der Waals surface area (Å²) in [5.74, 6) is -0.615. The van der Waals surface area contributed by atoms with Crippen LogP contribution in [0.5, 0.6) is 0 Å². The lowest BCUT2D eigenvalue weighted by Crippen LogP contribution is -2.49. The molecule has 3 amide bonds. The number of rotatable bonds is 9. The maximum Gasteiger partial charge on any atom is 0.245 e. The van der Waals surface area contributed by atoms with Crippen molar-refractivity contribution in [3.05, 3.63) is 25.3 Å². The predicted octanol–water partition coefficient (Wildman–Crippen LogP) is 0.218. The molecule has 0 aromatic carbocycles. The molecular weight excluding hydrogens is 270 g/mol. The number of hydrogen-bond acceptors (Lipinski definition) is 3. The van der Waals surface area contributed by atoms with Crippen LogP contribution in [-0.2, 0) is 14.4 Å². The van der Waals surface area contributed by atoms with Gasteiger partial charge in [-0.25, -0.2) is 0 Å². The summed E-state index contributed by atoms with van der Waals surface area (Å²) in [6.07, 6.45) is 5.01. The zero-order valence-corrected chi connectivity index (χ0v) is 12.4. The molecule has 1 aliphatic carbocycles. The summed E-state index contributed by atoms with van der Waals surface area (Å²) < 4.78 is 0. The van der Waals surface area contributed by atoms with Crippen molar-refractivity contribution in [1.82, 2.24) is 15.5 Å². The number of amides is 3. The first kappa shape index (κ1) is 16.9. The molecule has 6 nitrogen and oxygen atoms in total. The van der Waals surface area contributed by atoms with Crippen LogP contribution >= 0.6 is 0 Å². The van der Waals surface area contributed by atoms with Crippen molar-refractivity contribution in [3.8, 4) is 0 Å². The molecule has 1 aliphatic rings. The minimum absolute atomic E-state index is 0.0625. The van der Waals surface area contributed by atoms with E-state index in [0.717, 1.165) is 12.8 Å². The van der Waals surface area contributed by atoms with Crippen LogP contribution in [0.3, 0.4) is 0 Å². The highest BCUT2D eigenvalue weighted by Gasteiger charge is 2.29. The summed E-state index contributed by atoms with van der Waals surface area (Å²) >= 11 is 0. The van der Waals surface area contributed by atoms with Crippen LogP contribution in [0, 0.1) is 5.92 Å². The molecule has 0 radical (unpaired) electrons. The van der Waals surface area contributed by atoms with Gasteiger partial charge in [-0.15, -0.1) is 13.2 Å². The van der Waals surface area contributed by atoms with E-state index in [0.29, 0.717) is 13.1 Å². The van der Waals surface area contributed by atoms with E-state index >= 15 is 0 Å². The van der Waals surface area contributed by atoms with Crippen molar-refractivity contribution >= 4 is 17.7 Å². The van der Waals surface area contributed by atoms with Gasteiger partial charge < -0.3 is 15.5 Å². The Balaban J connectivity index is 2.38. The number of hydrogen-bond donors (Lipinski definition) is 2. The Bertz CT molecular complexity index is 420. The molecule has 1 rings (SSSR count). The number of carbonyl (C=O) groups excluding carboxylic acids is 3. The van der Waals surface area contributed by atoms with E-state index in [1.165, 1.54) is 4.90 Å². The summed E-state index contributed by atoms with van der Waals surface area (Å²) in [5.41, 5.74) is 0. The molecule has 6 heteroatoms. The summed E-state index contributed by atoms with van der Waals surface area (Å²) in [6.45, 7) is 9.48. The first-order valence-electron chi connectivity index (χ1n) is 7.07. The zero-order valence-electron chi connectivity index (χ0n) is 12.4. The minimum atomic E-state index is -0.657. The second-order valence-corrected chi connectivity index (χ2v) is 5.10. The third kappa shape index (κ3) is 5.81. The lowest BCUT2D eigenvalue weighted by molar-refractivity contribution is -0.135. The maximum atomic E-state index is 12.1. The van der Waals surface area contributed by atoms with Crippen molar-refractivity contribution in [2.75, 3.05) is 19.6 Å². The zero-order chi connectivity index (χ0) is 15.8. The Labute approximate surface area is 125 Å². The largest absolute Gasteiger partial charge is 0.347 e. The molecule has 1 unspecified atom stereocenters. The minimum Gasteiger partial charge on any atom is -0.347 e. The average molecular weight is 293 g/mol. The van der Waals surface area contributed by atoms with Crippen LogP contribution in [0.4, 0.5) is 0 Å². The van der Waals surface area contributed by atoms with Crippen LogP contribution in [0.1, 0.15) is 19.8 Å². The highest BCUT2D eigenvalue weighted by atomic mass is 16.2. The van der Waals surface area contributed by atoms with Gasteiger partial charge in [0.25, 0.3) is 0 Å². The van der Waals surface area contributed by atoms with Crippen LogP contribution in [-0.4, -0.2) is 48.3 Å². The molecule has 2 N–H and O–H groups in total. The Morgan fingerprint density at radius 1 is 1.24 bits per heavy atom. The molecule has 1 atom stereocenters. The van der Waals surface area contributed by atoms with Gasteiger partial charge in [0.05, 0.1) is 6.54 Å². The fraction of sp³-hybridized carbons (Fsp3) is 0.533. The van der Waals surface area contributed by atoms with E-state index in [-0.39, 0.29) is 30.2 Å². The molecule has 1 fully saturated rings. The highest BCUT2D eigenvalue weighted by molar-refractivity contribution is 5.90. The summed E-state index contributed by atoms with van der Waals surface area (Å²) in [5, 5.41) is 5.14. The molecular formula is C15H23N3O3. The van der Waals surface area contributed by atoms with Crippen molar-refractivity contribution in [2.45, 2.75) is 25.8 Å². The molecule has 0 aromatic rings. The Hall–Kier alpha value is -2.11. The number of nitrogens with zero attached hydrogens (tertiary/aromatic N) is 1. The van der Waals surface area contributed by atoms with E-state index in [1.807, 2.05) is 0 Å². The van der Waals surface area contributed by atoms with Gasteiger partial charge >= 0.3 is 0 Å². The molecule has 0 saturated heterocycles. The van der Waals surface area contributed by atoms with Crippen molar-refractivity contribution < 1.29 is 14.4 Å². The van der Waals surface area contributed by atoms with Crippen molar-refractivity contribution in [2.24, 2.45) is 5.92 Å². The van der Waals surface area contributed by atoms with Crippen LogP contribution in [0.15, 0.2) is 25.3 Å². The van der Waals surface area contributed by atoms with Crippen molar-refractivity contribution in [1.29, 1.82) is 0 Å². The molecule has 0 aromatic heterocycles. The molecule has 0 heterocycles. The third-order valence-electron chi connectivity index (χ3n) is 3.13. The Morgan fingerprint density at radius 2 is 1.81 bits per heavy atom. The molecule has 0 bridgehead atoms. The fourth-order valence-electron chi connectivity index (χ4n) is 1.85. The van der Waals surface area contributed by atoms with Gasteiger partial charge in [0, 0.05) is 19.0 Å². The number of nitrogens with one attached hydrogen (secondary N) is 2. The van der Waals surface area contributed by atoms with Gasteiger partial charge in [-0.1, -0.05) is 12.2 Å². The van der Waals surface area contributed by atoms with Gasteiger partial charge in [0.15, 0.2) is 0 Å². The summed E-state index contributed by atoms with van der Waals surface area (Å²) in [7, 11) is 0. The Kier molecular flexibility index (Phi) is 6.65. The van der Waals surface area contributed by atoms with E-state index in [1.54, 1.807) is 19.1 Å². The average Bonchev–Trinajstić information content (AvgIpc) is 3.28. The molecule has 0 spiro atoms. The number of carbonyl (C=O) groups is 3. The van der Waals surface area contributed by atoms with Crippen LogP contribution in [0.25, 0.3) is 0 Å². The quantitative estimate of drug-likeness (QED) is 0.597. The van der Waals surface area contributed by atoms with E-state index in [2.05, 4.69) is 23.8 Å². The third-order valence-corrected chi connectivity index (χ3v) is 3.13. The van der Waals surface area contributed by atoms with Gasteiger partial charge in [-0.05, 0) is 19.8 Å². The summed E-state index contributed by atoms with van der Waals surface area (Å²) in [4.78, 5) is 36.8. The maximum absolute atomic E-state index is 12.1. The lowest BCUT2D eigenvalue weighted by Gasteiger charge is -2.23. The van der Waals surface area contributed by atoms with Gasteiger partial charge in [0.2, 0.25) is 17.7 Å². The van der Waals surface area contributed by atoms with Crippen LogP contribution in [0.2, 0.25) is 0 Å². The van der Waals surface area contributed by atoms with Crippen molar-refractivity contribution in [3.63, 3.8) is 0 Å². The molecule has 116 valence electrons. The first-order chi connectivity index (χ1) is 9.99. The standard InChI is InChI=1S/C15H23N3O3/c1-4-8-18(9-5-2)15(21)11(3)17-13(19)10-16-14(20)12-6-7-12/h4-5,11-12H,1-2,6-10H2,3H3,(H,16,20)(H,17,19). The molecule has 21 heavy (non-hydrogen) atoms. The second kappa shape index (κ2) is 8.24. The van der Waals surface area contributed by atoms with Gasteiger partial charge in [-0.2, -0.15) is 0 Å². The normalized spacial score (nSPS) is 14.7. The fourth-order valence-corrected chi connectivity index (χ4v) is 1.85. The molecule has 1 saturated carbocycles. The second-order valence-electron chi connectivity index (χ2n) is 5.10. The van der Waals surface area contributed by atoms with Gasteiger partial charge in [-0.3, -0.25) is 14.4 Å². The predicted molar refractivity (Wildman–Crippen MR) is 80.3 cm³/mol. The summed E-state index contributed by atoms with van der Waals surface area (Å²) in [6, 6.07) is -0.657. The topological polar surface area (TPSA) is 78.5 Å². The first-order valence-corrected chi connectivity index (χ1v) is 7.07. The SMILES string of the molecule is C=CCN(CC=C)C(=O)C(C)NC(=O)CNC(=O)C1CC1. The van der Waals surface area contributed by atoms with Gasteiger partial charge in [0.1, 0.15) is 6.04 Å². The molecule has 0 aliphatic heterocycles. The lowest BCUT2D eigenvalue weighted by atomic mass is 10.2. The smallest absolute Gasteiger partial charge is 0.245 e. The van der Waals surface area contributed by atoms with E-state index in [9.17, 15) is 14.4 Å². The Morgan fingerprint density at radius 3 is 2.29 bits per heavy atom. The van der Waals surface area contributed by atoms with E-state index in [4.69, 9.17) is 0 Å². The van der Waals surface area contributed by atoms with E-state index < -0.39 is 6.04 Å².